The van der Waals surface area contributed by atoms with Crippen molar-refractivity contribution in [1.29, 1.82) is 0 Å². The third-order valence-electron chi connectivity index (χ3n) is 4.74. The van der Waals surface area contributed by atoms with Crippen molar-refractivity contribution in [3.63, 3.8) is 0 Å². The third-order valence-corrected chi connectivity index (χ3v) is 4.74. The summed E-state index contributed by atoms with van der Waals surface area (Å²) in [5, 5.41) is 8.94. The summed E-state index contributed by atoms with van der Waals surface area (Å²) in [5.74, 6) is -0.0236. The molecule has 3 heterocycles. The second kappa shape index (κ2) is 7.19. The van der Waals surface area contributed by atoms with Crippen molar-refractivity contribution in [3.05, 3.63) is 47.9 Å². The molecule has 2 aromatic heterocycles. The highest BCUT2D eigenvalue weighted by molar-refractivity contribution is 5.54. The predicted molar refractivity (Wildman–Crippen MR) is 95.7 cm³/mol. The van der Waals surface area contributed by atoms with Crippen molar-refractivity contribution in [2.24, 2.45) is 0 Å². The van der Waals surface area contributed by atoms with Crippen LogP contribution in [-0.2, 0) is 4.74 Å². The summed E-state index contributed by atoms with van der Waals surface area (Å²) >= 11 is 0. The summed E-state index contributed by atoms with van der Waals surface area (Å²) in [5.41, 5.74) is 0.897. The van der Waals surface area contributed by atoms with Gasteiger partial charge in [-0.1, -0.05) is 0 Å². The maximum Gasteiger partial charge on any atom is 0.181 e. The first kappa shape index (κ1) is 17.8. The van der Waals surface area contributed by atoms with Gasteiger partial charge in [0.05, 0.1) is 0 Å². The van der Waals surface area contributed by atoms with Gasteiger partial charge in [-0.2, -0.15) is 10.2 Å². The zero-order chi connectivity index (χ0) is 19.0. The molecule has 8 heteroatoms. The molecular formula is C19H21F2N5O. The van der Waals surface area contributed by atoms with Gasteiger partial charge in [0.25, 0.3) is 0 Å². The van der Waals surface area contributed by atoms with Crippen LogP contribution in [0.5, 0.6) is 0 Å². The largest absolute Gasteiger partial charge is 0.381 e. The van der Waals surface area contributed by atoms with E-state index in [2.05, 4.69) is 10.2 Å². The minimum atomic E-state index is -0.685. The summed E-state index contributed by atoms with van der Waals surface area (Å²) in [6, 6.07) is 5.39. The van der Waals surface area contributed by atoms with Crippen LogP contribution in [-0.4, -0.2) is 37.8 Å². The number of ether oxygens (including phenoxy) is 1. The number of hydrogen-bond acceptors (Lipinski definition) is 4. The maximum absolute atomic E-state index is 14.5. The van der Waals surface area contributed by atoms with Crippen LogP contribution in [0.25, 0.3) is 17.2 Å². The van der Waals surface area contributed by atoms with Crippen molar-refractivity contribution >= 4 is 0 Å². The Morgan fingerprint density at radius 2 is 1.93 bits per heavy atom. The van der Waals surface area contributed by atoms with E-state index in [9.17, 15) is 8.78 Å². The van der Waals surface area contributed by atoms with Gasteiger partial charge in [0.15, 0.2) is 17.5 Å². The zero-order valence-corrected chi connectivity index (χ0v) is 15.3. The quantitative estimate of drug-likeness (QED) is 0.696. The van der Waals surface area contributed by atoms with Crippen molar-refractivity contribution < 1.29 is 13.5 Å². The molecule has 0 amide bonds. The Kier molecular flexibility index (Phi) is 4.73. The van der Waals surface area contributed by atoms with E-state index in [1.54, 1.807) is 6.20 Å². The fourth-order valence-electron chi connectivity index (χ4n) is 3.35. The van der Waals surface area contributed by atoms with Gasteiger partial charge < -0.3 is 4.74 Å². The Morgan fingerprint density at radius 1 is 1.15 bits per heavy atom. The average molecular weight is 373 g/mol. The molecule has 1 aliphatic heterocycles. The Labute approximate surface area is 155 Å². The Morgan fingerprint density at radius 3 is 2.63 bits per heavy atom. The number of benzene rings is 1. The molecule has 0 atom stereocenters. The topological polar surface area (TPSA) is 57.8 Å². The highest BCUT2D eigenvalue weighted by atomic mass is 19.1. The van der Waals surface area contributed by atoms with Crippen molar-refractivity contribution in [2.75, 3.05) is 13.2 Å². The van der Waals surface area contributed by atoms with Crippen LogP contribution in [0, 0.1) is 11.6 Å². The summed E-state index contributed by atoms with van der Waals surface area (Å²) in [4.78, 5) is 4.73. The van der Waals surface area contributed by atoms with Crippen molar-refractivity contribution in [1.82, 2.24) is 24.5 Å². The summed E-state index contributed by atoms with van der Waals surface area (Å²) in [6.07, 6.45) is 3.32. The lowest BCUT2D eigenvalue weighted by atomic mass is 10.00. The highest BCUT2D eigenvalue weighted by Gasteiger charge is 2.25. The van der Waals surface area contributed by atoms with Crippen LogP contribution in [0.3, 0.4) is 0 Å². The van der Waals surface area contributed by atoms with E-state index >= 15 is 0 Å². The van der Waals surface area contributed by atoms with E-state index in [-0.39, 0.29) is 17.6 Å². The first-order valence-electron chi connectivity index (χ1n) is 9.08. The van der Waals surface area contributed by atoms with E-state index in [4.69, 9.17) is 9.72 Å². The minimum absolute atomic E-state index is 0.102. The van der Waals surface area contributed by atoms with Gasteiger partial charge in [-0.25, -0.2) is 18.4 Å². The monoisotopic (exact) mass is 373 g/mol. The fourth-order valence-corrected chi connectivity index (χ4v) is 3.35. The standard InChI is InChI=1S/C19H21F2N5O/c1-12(2)25-17(5-8-22-25)19-23-18(13-6-9-27-10-7-13)24-26(19)16-4-3-14(20)11-15(16)21/h3-5,8,11-13H,6-7,9-10H2,1-2H3. The highest BCUT2D eigenvalue weighted by Crippen LogP contribution is 2.30. The first-order chi connectivity index (χ1) is 13.0. The van der Waals surface area contributed by atoms with E-state index in [0.717, 1.165) is 24.6 Å². The number of hydrogen-bond donors (Lipinski definition) is 0. The van der Waals surface area contributed by atoms with Crippen LogP contribution in [0.1, 0.15) is 44.5 Å². The second-order valence-electron chi connectivity index (χ2n) is 6.94. The molecule has 0 saturated carbocycles. The lowest BCUT2D eigenvalue weighted by molar-refractivity contribution is 0.0836. The second-order valence-corrected chi connectivity index (χ2v) is 6.94. The SMILES string of the molecule is CC(C)n1nccc1-c1nc(C2CCOCC2)nn1-c1ccc(F)cc1F. The number of halogens is 2. The van der Waals surface area contributed by atoms with Crippen LogP contribution < -0.4 is 0 Å². The summed E-state index contributed by atoms with van der Waals surface area (Å²) < 4.78 is 36.6. The van der Waals surface area contributed by atoms with Crippen molar-refractivity contribution in [2.45, 2.75) is 38.6 Å². The van der Waals surface area contributed by atoms with Gasteiger partial charge in [0, 0.05) is 37.4 Å². The molecule has 27 heavy (non-hydrogen) atoms. The molecule has 1 fully saturated rings. The molecule has 0 aliphatic carbocycles. The van der Waals surface area contributed by atoms with Gasteiger partial charge in [0.2, 0.25) is 0 Å². The molecule has 0 bridgehead atoms. The lowest BCUT2D eigenvalue weighted by Crippen LogP contribution is -2.15. The van der Waals surface area contributed by atoms with Gasteiger partial charge in [-0.3, -0.25) is 4.68 Å². The number of nitrogens with zero attached hydrogens (tertiary/aromatic N) is 5. The smallest absolute Gasteiger partial charge is 0.181 e. The molecule has 3 aromatic rings. The molecule has 0 unspecified atom stereocenters. The van der Waals surface area contributed by atoms with E-state index in [0.29, 0.717) is 24.9 Å². The molecule has 6 nitrogen and oxygen atoms in total. The normalized spacial score (nSPS) is 15.6. The maximum atomic E-state index is 14.5. The number of rotatable bonds is 4. The molecule has 1 aliphatic rings. The van der Waals surface area contributed by atoms with E-state index in [1.807, 2.05) is 24.6 Å². The molecule has 1 saturated heterocycles. The minimum Gasteiger partial charge on any atom is -0.381 e. The molecule has 0 N–H and O–H groups in total. The molecule has 1 aromatic carbocycles. The van der Waals surface area contributed by atoms with Crippen LogP contribution in [0.15, 0.2) is 30.5 Å². The van der Waals surface area contributed by atoms with Gasteiger partial charge in [-0.05, 0) is 44.9 Å². The Hall–Kier alpha value is -2.61. The average Bonchev–Trinajstić information content (AvgIpc) is 3.29. The molecule has 142 valence electrons. The van der Waals surface area contributed by atoms with Crippen LogP contribution in [0.2, 0.25) is 0 Å². The summed E-state index contributed by atoms with van der Waals surface area (Å²) in [7, 11) is 0. The van der Waals surface area contributed by atoms with Gasteiger partial charge in [-0.15, -0.1) is 0 Å². The number of aromatic nitrogens is 5. The van der Waals surface area contributed by atoms with Gasteiger partial charge >= 0.3 is 0 Å². The van der Waals surface area contributed by atoms with Crippen LogP contribution >= 0.6 is 0 Å². The van der Waals surface area contributed by atoms with Crippen molar-refractivity contribution in [3.8, 4) is 17.2 Å². The third kappa shape index (κ3) is 3.37. The zero-order valence-electron chi connectivity index (χ0n) is 15.3. The Bertz CT molecular complexity index is 943. The van der Waals surface area contributed by atoms with Gasteiger partial charge in [0.1, 0.15) is 17.2 Å². The first-order valence-corrected chi connectivity index (χ1v) is 9.08. The van der Waals surface area contributed by atoms with E-state index < -0.39 is 11.6 Å². The lowest BCUT2D eigenvalue weighted by Gasteiger charge is -2.18. The fraction of sp³-hybridized carbons (Fsp3) is 0.421. The predicted octanol–water partition coefficient (Wildman–Crippen LogP) is 3.88. The molecule has 4 rings (SSSR count). The van der Waals surface area contributed by atoms with E-state index in [1.165, 1.54) is 16.8 Å². The Balaban J connectivity index is 1.87. The molecule has 0 radical (unpaired) electrons. The summed E-state index contributed by atoms with van der Waals surface area (Å²) in [6.45, 7) is 5.33. The molecule has 0 spiro atoms. The van der Waals surface area contributed by atoms with Crippen LogP contribution in [0.4, 0.5) is 8.78 Å². The molecular weight excluding hydrogens is 352 g/mol.